The summed E-state index contributed by atoms with van der Waals surface area (Å²) in [5, 5.41) is 0. The van der Waals surface area contributed by atoms with Gasteiger partial charge in [-0.25, -0.2) is 0 Å². The van der Waals surface area contributed by atoms with Gasteiger partial charge in [-0.05, 0) is 39.5 Å². The van der Waals surface area contributed by atoms with Gasteiger partial charge in [-0.15, -0.1) is 0 Å². The Balaban J connectivity index is 4.01. The molecule has 0 aromatic rings. The van der Waals surface area contributed by atoms with Crippen molar-refractivity contribution in [1.82, 2.24) is 0 Å². The number of hydrogen-bond donors (Lipinski definition) is 3. The Kier molecular flexibility index (Phi) is 12.1. The normalized spacial score (nSPS) is 16.2. The van der Waals surface area contributed by atoms with E-state index in [4.69, 9.17) is 14.5 Å². The Labute approximate surface area is 145 Å². The van der Waals surface area contributed by atoms with Crippen LogP contribution in [0.3, 0.4) is 0 Å². The van der Waals surface area contributed by atoms with Crippen LogP contribution in [0.1, 0.15) is 59.3 Å². The topological polar surface area (TPSA) is 104 Å². The minimum Gasteiger partial charge on any atom is -0.367 e. The van der Waals surface area contributed by atoms with E-state index in [0.717, 1.165) is 24.8 Å². The van der Waals surface area contributed by atoms with Gasteiger partial charge in [0, 0.05) is 0 Å². The van der Waals surface area contributed by atoms with Gasteiger partial charge in [0.05, 0.1) is 6.61 Å². The first-order valence-corrected chi connectivity index (χ1v) is 12.1. The first-order valence-electron chi connectivity index (χ1n) is 8.30. The van der Waals surface area contributed by atoms with Gasteiger partial charge in [0.1, 0.15) is 12.3 Å². The molecule has 0 aromatic heterocycles. The van der Waals surface area contributed by atoms with Gasteiger partial charge >= 0.3 is 7.60 Å². The van der Waals surface area contributed by atoms with Crippen molar-refractivity contribution < 1.29 is 28.5 Å². The van der Waals surface area contributed by atoms with E-state index in [2.05, 4.69) is 19.9 Å². The number of rotatable bonds is 13. The monoisotopic (exact) mass is 382 g/mol. The van der Waals surface area contributed by atoms with Crippen LogP contribution in [0.15, 0.2) is 23.3 Å². The lowest BCUT2D eigenvalue weighted by atomic mass is 10.1. The number of hydrogen-bond acceptors (Lipinski definition) is 3. The van der Waals surface area contributed by atoms with E-state index in [1.54, 1.807) is 0 Å². The lowest BCUT2D eigenvalue weighted by Crippen LogP contribution is -2.00. The molecule has 8 heteroatoms. The summed E-state index contributed by atoms with van der Waals surface area (Å²) >= 11 is 0. The van der Waals surface area contributed by atoms with Crippen LogP contribution in [0.5, 0.6) is 0 Å². The number of allylic oxidation sites excluding steroid dienone is 3. The molecule has 0 saturated carbocycles. The zero-order valence-electron chi connectivity index (χ0n) is 15.0. The van der Waals surface area contributed by atoms with Gasteiger partial charge in [0.25, 0.3) is 0 Å². The summed E-state index contributed by atoms with van der Waals surface area (Å²) in [7, 11) is -8.45. The molecule has 0 bridgehead atoms. The fraction of sp³-hybridized carbons (Fsp3) is 0.750. The molecule has 142 valence electrons. The third kappa shape index (κ3) is 15.3. The molecule has 0 aliphatic carbocycles. The Hall–Kier alpha value is -0.220. The lowest BCUT2D eigenvalue weighted by Gasteiger charge is -2.12. The van der Waals surface area contributed by atoms with Crippen LogP contribution in [-0.4, -0.2) is 33.5 Å². The SMILES string of the molecule is CCCCC/C(C)=C/CC/C(C)=C/COCP(=O)(O)CP(=O)(O)O. The molecular formula is C16H32O6P2. The van der Waals surface area contributed by atoms with E-state index >= 15 is 0 Å². The van der Waals surface area contributed by atoms with Gasteiger partial charge in [-0.2, -0.15) is 0 Å². The summed E-state index contributed by atoms with van der Waals surface area (Å²) in [4.78, 5) is 26.8. The van der Waals surface area contributed by atoms with Crippen molar-refractivity contribution in [3.8, 4) is 0 Å². The van der Waals surface area contributed by atoms with E-state index in [1.165, 1.54) is 24.8 Å². The highest BCUT2D eigenvalue weighted by molar-refractivity contribution is 7.72. The van der Waals surface area contributed by atoms with Crippen molar-refractivity contribution in [2.75, 3.05) is 18.9 Å². The van der Waals surface area contributed by atoms with Crippen LogP contribution < -0.4 is 0 Å². The molecule has 0 aliphatic heterocycles. The molecular weight excluding hydrogens is 350 g/mol. The molecule has 6 nitrogen and oxygen atoms in total. The summed E-state index contributed by atoms with van der Waals surface area (Å²) in [6, 6.07) is 0. The maximum absolute atomic E-state index is 11.5. The Morgan fingerprint density at radius 1 is 1.00 bits per heavy atom. The summed E-state index contributed by atoms with van der Waals surface area (Å²) in [6.45, 7) is 6.48. The highest BCUT2D eigenvalue weighted by Gasteiger charge is 2.29. The minimum absolute atomic E-state index is 0.163. The molecule has 0 aliphatic rings. The summed E-state index contributed by atoms with van der Waals surface area (Å²) in [5.41, 5.74) is 2.53. The maximum atomic E-state index is 11.5. The standard InChI is InChI=1S/C16H32O6P2/c1-4-5-6-8-15(2)9-7-10-16(3)11-12-22-13-23(17,18)14-24(19,20)21/h9,11H,4-8,10,12-14H2,1-3H3,(H,17,18)(H2,19,20,21)/b15-9+,16-11+. The first kappa shape index (κ1) is 23.8. The third-order valence-electron chi connectivity index (χ3n) is 3.45. The molecule has 0 saturated heterocycles. The van der Waals surface area contributed by atoms with E-state index in [1.807, 2.05) is 13.0 Å². The highest BCUT2D eigenvalue weighted by Crippen LogP contribution is 2.54. The quantitative estimate of drug-likeness (QED) is 0.244. The Morgan fingerprint density at radius 2 is 1.62 bits per heavy atom. The lowest BCUT2D eigenvalue weighted by molar-refractivity contribution is 0.199. The summed E-state index contributed by atoms with van der Waals surface area (Å²) in [6.07, 6.45) is 10.3. The fourth-order valence-corrected chi connectivity index (χ4v) is 5.15. The van der Waals surface area contributed by atoms with Gasteiger partial charge < -0.3 is 19.4 Å². The molecule has 0 heterocycles. The first-order chi connectivity index (χ1) is 11.1. The number of ether oxygens (including phenoxy) is 1. The van der Waals surface area contributed by atoms with Crippen LogP contribution in [0.25, 0.3) is 0 Å². The molecule has 1 atom stereocenters. The van der Waals surface area contributed by atoms with Crippen LogP contribution in [0, 0.1) is 0 Å². The van der Waals surface area contributed by atoms with Crippen LogP contribution in [-0.2, 0) is 13.9 Å². The second-order valence-electron chi connectivity index (χ2n) is 6.25. The van der Waals surface area contributed by atoms with Crippen molar-refractivity contribution in [2.24, 2.45) is 0 Å². The fourth-order valence-electron chi connectivity index (χ4n) is 2.13. The van der Waals surface area contributed by atoms with Crippen molar-refractivity contribution >= 4 is 15.0 Å². The Morgan fingerprint density at radius 3 is 2.21 bits per heavy atom. The second-order valence-corrected chi connectivity index (χ2v) is 10.7. The molecule has 0 fully saturated rings. The third-order valence-corrected chi connectivity index (χ3v) is 7.28. The molecule has 3 N–H and O–H groups in total. The van der Waals surface area contributed by atoms with Crippen LogP contribution in [0.4, 0.5) is 0 Å². The van der Waals surface area contributed by atoms with E-state index < -0.39 is 27.2 Å². The smallest absolute Gasteiger partial charge is 0.335 e. The molecule has 0 rings (SSSR count). The minimum atomic E-state index is -4.50. The maximum Gasteiger partial charge on any atom is 0.335 e. The average molecular weight is 382 g/mol. The van der Waals surface area contributed by atoms with Crippen molar-refractivity contribution in [3.63, 3.8) is 0 Å². The van der Waals surface area contributed by atoms with Gasteiger partial charge in [-0.3, -0.25) is 9.13 Å². The van der Waals surface area contributed by atoms with Gasteiger partial charge in [-0.1, -0.05) is 43.1 Å². The zero-order valence-corrected chi connectivity index (χ0v) is 16.8. The molecule has 0 amide bonds. The largest absolute Gasteiger partial charge is 0.367 e. The number of unbranched alkanes of at least 4 members (excludes halogenated alkanes) is 2. The molecule has 0 radical (unpaired) electrons. The van der Waals surface area contributed by atoms with E-state index in [-0.39, 0.29) is 6.61 Å². The molecule has 0 spiro atoms. The van der Waals surface area contributed by atoms with Crippen molar-refractivity contribution in [1.29, 1.82) is 0 Å². The Bertz CT molecular complexity index is 507. The van der Waals surface area contributed by atoms with E-state index in [0.29, 0.717) is 0 Å². The average Bonchev–Trinajstić information content (AvgIpc) is 2.41. The predicted molar refractivity (Wildman–Crippen MR) is 98.4 cm³/mol. The summed E-state index contributed by atoms with van der Waals surface area (Å²) in [5.74, 6) is -1.04. The molecule has 1 unspecified atom stereocenters. The van der Waals surface area contributed by atoms with Crippen LogP contribution in [0.2, 0.25) is 0 Å². The van der Waals surface area contributed by atoms with Crippen molar-refractivity contribution in [2.45, 2.75) is 59.3 Å². The molecule has 24 heavy (non-hydrogen) atoms. The van der Waals surface area contributed by atoms with Crippen LogP contribution >= 0.6 is 15.0 Å². The second kappa shape index (κ2) is 12.2. The van der Waals surface area contributed by atoms with Crippen molar-refractivity contribution in [3.05, 3.63) is 23.3 Å². The summed E-state index contributed by atoms with van der Waals surface area (Å²) < 4.78 is 27.3. The zero-order chi connectivity index (χ0) is 18.6. The highest BCUT2D eigenvalue weighted by atomic mass is 31.2. The molecule has 0 aromatic carbocycles. The van der Waals surface area contributed by atoms with Gasteiger partial charge in [0.15, 0.2) is 0 Å². The van der Waals surface area contributed by atoms with E-state index in [9.17, 15) is 14.0 Å². The van der Waals surface area contributed by atoms with Gasteiger partial charge in [0.2, 0.25) is 7.37 Å². The predicted octanol–water partition coefficient (Wildman–Crippen LogP) is 4.62.